The van der Waals surface area contributed by atoms with E-state index >= 15 is 0 Å². The van der Waals surface area contributed by atoms with Crippen molar-refractivity contribution in [3.05, 3.63) is 81.7 Å². The average Bonchev–Trinajstić information content (AvgIpc) is 2.77. The van der Waals surface area contributed by atoms with Gasteiger partial charge >= 0.3 is 11.6 Å². The molecule has 0 spiro atoms. The van der Waals surface area contributed by atoms with Crippen molar-refractivity contribution < 1.29 is 18.7 Å². The number of aryl methyl sites for hydroxylation is 1. The van der Waals surface area contributed by atoms with Crippen LogP contribution in [-0.4, -0.2) is 25.0 Å². The summed E-state index contributed by atoms with van der Waals surface area (Å²) in [5.74, 6) is -0.291. The summed E-state index contributed by atoms with van der Waals surface area (Å²) in [4.78, 5) is 36.2. The fraction of sp³-hybridized carbons (Fsp3) is 0.320. The van der Waals surface area contributed by atoms with Crippen LogP contribution in [0.25, 0.3) is 11.0 Å². The van der Waals surface area contributed by atoms with Gasteiger partial charge in [0.1, 0.15) is 11.1 Å². The van der Waals surface area contributed by atoms with E-state index in [-0.39, 0.29) is 24.7 Å². The molecule has 0 radical (unpaired) electrons. The highest BCUT2D eigenvalue weighted by Crippen LogP contribution is 2.15. The van der Waals surface area contributed by atoms with Gasteiger partial charge in [-0.1, -0.05) is 56.3 Å². The summed E-state index contributed by atoms with van der Waals surface area (Å²) in [6.45, 7) is 4.78. The number of hydrogen-bond acceptors (Lipinski definition) is 5. The number of hydrogen-bond donors (Lipinski definition) is 1. The lowest BCUT2D eigenvalue weighted by molar-refractivity contribution is -0.143. The molecule has 6 heteroatoms. The molecule has 0 unspecified atom stereocenters. The number of amides is 1. The SMILES string of the molecule is CC(C)c1ccc(CCC(=O)OCCCNC(=O)c2cc3ccccc3oc2=O)cc1. The minimum Gasteiger partial charge on any atom is -0.466 e. The maximum Gasteiger partial charge on any atom is 0.349 e. The Hall–Kier alpha value is -3.41. The van der Waals surface area contributed by atoms with Gasteiger partial charge < -0.3 is 14.5 Å². The van der Waals surface area contributed by atoms with Crippen LogP contribution in [0, 0.1) is 0 Å². The van der Waals surface area contributed by atoms with E-state index in [4.69, 9.17) is 9.15 Å². The van der Waals surface area contributed by atoms with Crippen molar-refractivity contribution in [3.63, 3.8) is 0 Å². The summed E-state index contributed by atoms with van der Waals surface area (Å²) < 4.78 is 10.4. The highest BCUT2D eigenvalue weighted by Gasteiger charge is 2.13. The lowest BCUT2D eigenvalue weighted by Gasteiger charge is -2.08. The second kappa shape index (κ2) is 10.6. The molecule has 0 saturated carbocycles. The molecule has 0 atom stereocenters. The first-order chi connectivity index (χ1) is 14.9. The molecule has 1 amide bonds. The van der Waals surface area contributed by atoms with Crippen molar-refractivity contribution in [2.75, 3.05) is 13.2 Å². The molecule has 0 aliphatic carbocycles. The monoisotopic (exact) mass is 421 g/mol. The van der Waals surface area contributed by atoms with Crippen LogP contribution in [-0.2, 0) is 16.0 Å². The predicted octanol–water partition coefficient (Wildman–Crippen LogP) is 4.21. The van der Waals surface area contributed by atoms with Crippen LogP contribution in [0.4, 0.5) is 0 Å². The zero-order valence-corrected chi connectivity index (χ0v) is 17.9. The first kappa shape index (κ1) is 22.3. The summed E-state index contributed by atoms with van der Waals surface area (Å²) in [7, 11) is 0. The zero-order valence-electron chi connectivity index (χ0n) is 17.9. The molecule has 0 saturated heterocycles. The van der Waals surface area contributed by atoms with E-state index in [2.05, 4.69) is 31.3 Å². The highest BCUT2D eigenvalue weighted by atomic mass is 16.5. The Labute approximate surface area is 181 Å². The molecule has 162 valence electrons. The minimum atomic E-state index is -0.677. The summed E-state index contributed by atoms with van der Waals surface area (Å²) in [5, 5.41) is 3.34. The van der Waals surface area contributed by atoms with Gasteiger partial charge in [0, 0.05) is 18.4 Å². The zero-order chi connectivity index (χ0) is 22.2. The molecule has 1 aromatic heterocycles. The minimum absolute atomic E-state index is 0.0424. The van der Waals surface area contributed by atoms with Crippen molar-refractivity contribution in [2.24, 2.45) is 0 Å². The maximum atomic E-state index is 12.3. The van der Waals surface area contributed by atoms with Gasteiger partial charge in [-0.05, 0) is 42.0 Å². The fourth-order valence-corrected chi connectivity index (χ4v) is 3.16. The van der Waals surface area contributed by atoms with Gasteiger partial charge in [0.15, 0.2) is 0 Å². The Bertz CT molecular complexity index is 1100. The molecule has 0 fully saturated rings. The van der Waals surface area contributed by atoms with Crippen LogP contribution in [0.5, 0.6) is 0 Å². The number of para-hydroxylation sites is 1. The maximum absolute atomic E-state index is 12.3. The summed E-state index contributed by atoms with van der Waals surface area (Å²) >= 11 is 0. The first-order valence-corrected chi connectivity index (χ1v) is 10.5. The third-order valence-electron chi connectivity index (χ3n) is 5.02. The number of fused-ring (bicyclic) bond motifs is 1. The number of benzene rings is 2. The Morgan fingerprint density at radius 1 is 1.06 bits per heavy atom. The van der Waals surface area contributed by atoms with Crippen molar-refractivity contribution in [1.29, 1.82) is 0 Å². The smallest absolute Gasteiger partial charge is 0.349 e. The molecule has 0 bridgehead atoms. The Kier molecular flexibility index (Phi) is 7.60. The van der Waals surface area contributed by atoms with Crippen molar-refractivity contribution >= 4 is 22.8 Å². The van der Waals surface area contributed by atoms with Crippen LogP contribution in [0.15, 0.2) is 63.8 Å². The number of esters is 1. The Morgan fingerprint density at radius 2 is 1.81 bits per heavy atom. The number of carbonyl (C=O) groups excluding carboxylic acids is 2. The molecule has 3 aromatic rings. The van der Waals surface area contributed by atoms with Gasteiger partial charge in [0.25, 0.3) is 5.91 Å². The van der Waals surface area contributed by atoms with Crippen LogP contribution in [0.2, 0.25) is 0 Å². The molecular formula is C25H27NO5. The Morgan fingerprint density at radius 3 is 2.55 bits per heavy atom. The predicted molar refractivity (Wildman–Crippen MR) is 119 cm³/mol. The molecule has 1 N–H and O–H groups in total. The van der Waals surface area contributed by atoms with E-state index in [1.807, 2.05) is 12.1 Å². The van der Waals surface area contributed by atoms with E-state index in [1.54, 1.807) is 24.3 Å². The normalized spacial score (nSPS) is 10.9. The molecular weight excluding hydrogens is 394 g/mol. The quantitative estimate of drug-likeness (QED) is 0.318. The Balaban J connectivity index is 1.37. The van der Waals surface area contributed by atoms with Crippen molar-refractivity contribution in [3.8, 4) is 0 Å². The summed E-state index contributed by atoms with van der Waals surface area (Å²) in [5.41, 5.74) is 2.09. The van der Waals surface area contributed by atoms with E-state index in [0.29, 0.717) is 36.1 Å². The highest BCUT2D eigenvalue weighted by molar-refractivity contribution is 5.96. The van der Waals surface area contributed by atoms with Gasteiger partial charge in [-0.3, -0.25) is 9.59 Å². The van der Waals surface area contributed by atoms with Gasteiger partial charge in [-0.2, -0.15) is 0 Å². The van der Waals surface area contributed by atoms with Crippen LogP contribution < -0.4 is 10.9 Å². The third-order valence-corrected chi connectivity index (χ3v) is 5.02. The summed E-state index contributed by atoms with van der Waals surface area (Å²) in [6, 6.07) is 16.8. The lowest BCUT2D eigenvalue weighted by atomic mass is 10.0. The number of carbonyl (C=O) groups is 2. The molecule has 0 aliphatic rings. The van der Waals surface area contributed by atoms with Gasteiger partial charge in [-0.15, -0.1) is 0 Å². The van der Waals surface area contributed by atoms with Crippen LogP contribution in [0.3, 0.4) is 0 Å². The van der Waals surface area contributed by atoms with E-state index in [9.17, 15) is 14.4 Å². The third kappa shape index (κ3) is 6.28. The van der Waals surface area contributed by atoms with Gasteiger partial charge in [-0.25, -0.2) is 4.79 Å². The lowest BCUT2D eigenvalue weighted by Crippen LogP contribution is -2.29. The van der Waals surface area contributed by atoms with Crippen LogP contribution >= 0.6 is 0 Å². The molecule has 0 aliphatic heterocycles. The van der Waals surface area contributed by atoms with E-state index in [1.165, 1.54) is 11.6 Å². The number of rotatable bonds is 9. The number of nitrogens with one attached hydrogen (secondary N) is 1. The van der Waals surface area contributed by atoms with Gasteiger partial charge in [0.2, 0.25) is 0 Å². The summed E-state index contributed by atoms with van der Waals surface area (Å²) in [6.07, 6.45) is 1.40. The second-order valence-corrected chi connectivity index (χ2v) is 7.71. The standard InChI is InChI=1S/C25H27NO5/c1-17(2)19-11-8-18(9-12-19)10-13-23(27)30-15-5-14-26-24(28)21-16-20-6-3-4-7-22(20)31-25(21)29/h3-4,6-9,11-12,16-17H,5,10,13-15H2,1-2H3,(H,26,28). The van der Waals surface area contributed by atoms with Crippen LogP contribution in [0.1, 0.15) is 54.1 Å². The van der Waals surface area contributed by atoms with Gasteiger partial charge in [0.05, 0.1) is 6.61 Å². The van der Waals surface area contributed by atoms with Crippen molar-refractivity contribution in [2.45, 2.75) is 39.0 Å². The molecule has 31 heavy (non-hydrogen) atoms. The van der Waals surface area contributed by atoms with E-state index < -0.39 is 11.5 Å². The topological polar surface area (TPSA) is 85.6 Å². The molecule has 2 aromatic carbocycles. The number of ether oxygens (including phenoxy) is 1. The van der Waals surface area contributed by atoms with Crippen molar-refractivity contribution in [1.82, 2.24) is 5.32 Å². The fourth-order valence-electron chi connectivity index (χ4n) is 3.16. The molecule has 3 rings (SSSR count). The second-order valence-electron chi connectivity index (χ2n) is 7.71. The first-order valence-electron chi connectivity index (χ1n) is 10.5. The molecule has 6 nitrogen and oxygen atoms in total. The van der Waals surface area contributed by atoms with E-state index in [0.717, 1.165) is 5.56 Å². The average molecular weight is 421 g/mol. The largest absolute Gasteiger partial charge is 0.466 e. The molecule has 1 heterocycles.